The standard InChI is InChI=1S/C15H32N2/c1-5-14(6-2)13(4)17-11-8-10-16-15(7-3)9-12-17/h13-16H,5-12H2,1-4H3. The number of rotatable bonds is 5. The van der Waals surface area contributed by atoms with Crippen LogP contribution >= 0.6 is 0 Å². The van der Waals surface area contributed by atoms with E-state index in [1.807, 2.05) is 0 Å². The minimum Gasteiger partial charge on any atom is -0.314 e. The smallest absolute Gasteiger partial charge is 0.00950 e. The first kappa shape index (κ1) is 15.0. The molecule has 2 atom stereocenters. The highest BCUT2D eigenvalue weighted by Gasteiger charge is 2.22. The van der Waals surface area contributed by atoms with E-state index in [1.165, 1.54) is 51.7 Å². The topological polar surface area (TPSA) is 15.3 Å². The minimum absolute atomic E-state index is 0.742. The number of hydrogen-bond donors (Lipinski definition) is 1. The van der Waals surface area contributed by atoms with Gasteiger partial charge in [-0.3, -0.25) is 0 Å². The van der Waals surface area contributed by atoms with Crippen molar-refractivity contribution in [3.63, 3.8) is 0 Å². The lowest BCUT2D eigenvalue weighted by Crippen LogP contribution is -2.45. The van der Waals surface area contributed by atoms with Gasteiger partial charge in [0.2, 0.25) is 0 Å². The lowest BCUT2D eigenvalue weighted by atomic mass is 9.93. The van der Waals surface area contributed by atoms with Crippen LogP contribution < -0.4 is 5.32 Å². The molecule has 1 fully saturated rings. The molecule has 1 heterocycles. The predicted octanol–water partition coefficient (Wildman–Crippen LogP) is 3.28. The van der Waals surface area contributed by atoms with Gasteiger partial charge in [0.25, 0.3) is 0 Å². The van der Waals surface area contributed by atoms with Gasteiger partial charge in [-0.25, -0.2) is 0 Å². The molecule has 2 heteroatoms. The highest BCUT2D eigenvalue weighted by molar-refractivity contribution is 4.78. The zero-order chi connectivity index (χ0) is 12.7. The molecule has 102 valence electrons. The van der Waals surface area contributed by atoms with Crippen molar-refractivity contribution in [3.8, 4) is 0 Å². The zero-order valence-electron chi connectivity index (χ0n) is 12.3. The van der Waals surface area contributed by atoms with E-state index in [2.05, 4.69) is 37.9 Å². The highest BCUT2D eigenvalue weighted by atomic mass is 15.2. The molecule has 1 aliphatic rings. The van der Waals surface area contributed by atoms with Gasteiger partial charge >= 0.3 is 0 Å². The summed E-state index contributed by atoms with van der Waals surface area (Å²) in [7, 11) is 0. The maximum atomic E-state index is 3.66. The van der Waals surface area contributed by atoms with Crippen LogP contribution in [0, 0.1) is 5.92 Å². The Balaban J connectivity index is 2.50. The van der Waals surface area contributed by atoms with E-state index < -0.39 is 0 Å². The van der Waals surface area contributed by atoms with Crippen LogP contribution in [0.4, 0.5) is 0 Å². The molecule has 17 heavy (non-hydrogen) atoms. The predicted molar refractivity (Wildman–Crippen MR) is 76.4 cm³/mol. The van der Waals surface area contributed by atoms with Gasteiger partial charge in [0, 0.05) is 12.1 Å². The number of nitrogens with zero attached hydrogens (tertiary/aromatic N) is 1. The monoisotopic (exact) mass is 240 g/mol. The van der Waals surface area contributed by atoms with E-state index in [4.69, 9.17) is 0 Å². The third kappa shape index (κ3) is 4.59. The van der Waals surface area contributed by atoms with Crippen molar-refractivity contribution in [1.82, 2.24) is 10.2 Å². The maximum Gasteiger partial charge on any atom is 0.00950 e. The van der Waals surface area contributed by atoms with Gasteiger partial charge in [-0.1, -0.05) is 33.6 Å². The lowest BCUT2D eigenvalue weighted by Gasteiger charge is -2.36. The van der Waals surface area contributed by atoms with Gasteiger partial charge in [0.1, 0.15) is 0 Å². The molecule has 0 aliphatic carbocycles. The van der Waals surface area contributed by atoms with E-state index >= 15 is 0 Å². The minimum atomic E-state index is 0.742. The Bertz CT molecular complexity index is 189. The van der Waals surface area contributed by atoms with Crippen LogP contribution in [-0.2, 0) is 0 Å². The molecule has 1 saturated heterocycles. The lowest BCUT2D eigenvalue weighted by molar-refractivity contribution is 0.130. The zero-order valence-corrected chi connectivity index (χ0v) is 12.3. The van der Waals surface area contributed by atoms with Crippen LogP contribution in [0.15, 0.2) is 0 Å². The van der Waals surface area contributed by atoms with Gasteiger partial charge in [-0.2, -0.15) is 0 Å². The van der Waals surface area contributed by atoms with Crippen molar-refractivity contribution >= 4 is 0 Å². The first-order valence-electron chi connectivity index (χ1n) is 7.70. The van der Waals surface area contributed by atoms with Crippen LogP contribution in [0.2, 0.25) is 0 Å². The van der Waals surface area contributed by atoms with Gasteiger partial charge in [-0.15, -0.1) is 0 Å². The maximum absolute atomic E-state index is 3.66. The van der Waals surface area contributed by atoms with E-state index in [0.717, 1.165) is 18.0 Å². The van der Waals surface area contributed by atoms with E-state index in [9.17, 15) is 0 Å². The Morgan fingerprint density at radius 3 is 2.47 bits per heavy atom. The summed E-state index contributed by atoms with van der Waals surface area (Å²) in [5.41, 5.74) is 0. The number of nitrogens with one attached hydrogen (secondary N) is 1. The molecule has 0 amide bonds. The van der Waals surface area contributed by atoms with Gasteiger partial charge in [-0.05, 0) is 51.7 Å². The Hall–Kier alpha value is -0.0800. The molecule has 2 nitrogen and oxygen atoms in total. The summed E-state index contributed by atoms with van der Waals surface area (Å²) < 4.78 is 0. The first-order valence-corrected chi connectivity index (χ1v) is 7.70. The summed E-state index contributed by atoms with van der Waals surface area (Å²) in [5, 5.41) is 3.66. The second-order valence-electron chi connectivity index (χ2n) is 5.55. The van der Waals surface area contributed by atoms with E-state index in [1.54, 1.807) is 0 Å². The van der Waals surface area contributed by atoms with Crippen molar-refractivity contribution in [3.05, 3.63) is 0 Å². The summed E-state index contributed by atoms with van der Waals surface area (Å²) in [5.74, 6) is 0.877. The van der Waals surface area contributed by atoms with E-state index in [-0.39, 0.29) is 0 Å². The Morgan fingerprint density at radius 1 is 1.18 bits per heavy atom. The van der Waals surface area contributed by atoms with E-state index in [0.29, 0.717) is 0 Å². The average Bonchev–Trinajstić information content (AvgIpc) is 2.30. The molecule has 1 aliphatic heterocycles. The van der Waals surface area contributed by atoms with Crippen LogP contribution in [0.5, 0.6) is 0 Å². The summed E-state index contributed by atoms with van der Waals surface area (Å²) in [6.45, 7) is 13.2. The molecular weight excluding hydrogens is 208 g/mol. The third-order valence-electron chi connectivity index (χ3n) is 4.62. The fourth-order valence-corrected chi connectivity index (χ4v) is 3.15. The molecule has 0 aromatic heterocycles. The van der Waals surface area contributed by atoms with Gasteiger partial charge in [0.15, 0.2) is 0 Å². The summed E-state index contributed by atoms with van der Waals surface area (Å²) >= 11 is 0. The van der Waals surface area contributed by atoms with Crippen molar-refractivity contribution in [2.45, 2.75) is 71.9 Å². The first-order chi connectivity index (χ1) is 8.22. The summed E-state index contributed by atoms with van der Waals surface area (Å²) in [6.07, 6.45) is 6.54. The molecule has 0 bridgehead atoms. The molecule has 2 unspecified atom stereocenters. The highest BCUT2D eigenvalue weighted by Crippen LogP contribution is 2.20. The Labute approximate surface area is 108 Å². The summed E-state index contributed by atoms with van der Waals surface area (Å²) in [6, 6.07) is 1.51. The van der Waals surface area contributed by atoms with Crippen LogP contribution in [0.3, 0.4) is 0 Å². The normalized spacial score (nSPS) is 25.6. The fraction of sp³-hybridized carbons (Fsp3) is 1.00. The van der Waals surface area contributed by atoms with Crippen LogP contribution in [0.25, 0.3) is 0 Å². The molecule has 0 radical (unpaired) electrons. The molecule has 1 rings (SSSR count). The van der Waals surface area contributed by atoms with Crippen molar-refractivity contribution in [2.24, 2.45) is 5.92 Å². The molecular formula is C15H32N2. The molecule has 0 saturated carbocycles. The third-order valence-corrected chi connectivity index (χ3v) is 4.62. The molecule has 1 N–H and O–H groups in total. The second-order valence-corrected chi connectivity index (χ2v) is 5.55. The van der Waals surface area contributed by atoms with Gasteiger partial charge in [0.05, 0.1) is 0 Å². The van der Waals surface area contributed by atoms with Crippen molar-refractivity contribution in [1.29, 1.82) is 0 Å². The largest absolute Gasteiger partial charge is 0.314 e. The fourth-order valence-electron chi connectivity index (χ4n) is 3.15. The average molecular weight is 240 g/mol. The molecule has 0 spiro atoms. The Morgan fingerprint density at radius 2 is 1.88 bits per heavy atom. The Kier molecular flexibility index (Phi) is 7.14. The van der Waals surface area contributed by atoms with Crippen molar-refractivity contribution < 1.29 is 0 Å². The second kappa shape index (κ2) is 8.10. The van der Waals surface area contributed by atoms with Gasteiger partial charge < -0.3 is 10.2 Å². The van der Waals surface area contributed by atoms with Crippen LogP contribution in [0.1, 0.15) is 59.8 Å². The quantitative estimate of drug-likeness (QED) is 0.793. The van der Waals surface area contributed by atoms with Crippen LogP contribution in [-0.4, -0.2) is 36.6 Å². The molecule has 0 aromatic rings. The summed E-state index contributed by atoms with van der Waals surface area (Å²) in [4.78, 5) is 2.74. The molecule has 0 aromatic carbocycles. The number of hydrogen-bond acceptors (Lipinski definition) is 2. The SMILES string of the molecule is CCC1CCN(C(C)C(CC)CC)CCCN1. The van der Waals surface area contributed by atoms with Crippen molar-refractivity contribution in [2.75, 3.05) is 19.6 Å².